The minimum Gasteiger partial charge on any atom is -0.394 e. The Morgan fingerprint density at radius 3 is 2.71 bits per heavy atom. The molecule has 5 heteroatoms. The van der Waals surface area contributed by atoms with E-state index < -0.39 is 24.6 Å². The summed E-state index contributed by atoms with van der Waals surface area (Å²) < 4.78 is 10.4. The molecule has 0 amide bonds. The van der Waals surface area contributed by atoms with Gasteiger partial charge in [-0.1, -0.05) is 6.92 Å². The van der Waals surface area contributed by atoms with Gasteiger partial charge in [-0.05, 0) is 6.42 Å². The molecule has 3 N–H and O–H groups in total. The summed E-state index contributed by atoms with van der Waals surface area (Å²) >= 11 is 0. The van der Waals surface area contributed by atoms with E-state index in [2.05, 4.69) is 0 Å². The van der Waals surface area contributed by atoms with Crippen LogP contribution >= 0.6 is 0 Å². The molecular weight excluding hydrogens is 188 g/mol. The van der Waals surface area contributed by atoms with Gasteiger partial charge in [-0.2, -0.15) is 0 Å². The lowest BCUT2D eigenvalue weighted by Crippen LogP contribution is -2.50. The lowest BCUT2D eigenvalue weighted by atomic mass is 10.0. The van der Waals surface area contributed by atoms with Crippen LogP contribution in [0.15, 0.2) is 0 Å². The highest BCUT2D eigenvalue weighted by atomic mass is 16.7. The number of aliphatic hydroxyl groups is 3. The van der Waals surface area contributed by atoms with E-state index in [9.17, 15) is 10.2 Å². The second-order valence-corrected chi connectivity index (χ2v) is 3.47. The summed E-state index contributed by atoms with van der Waals surface area (Å²) in [5.74, 6) is 0. The smallest absolute Gasteiger partial charge is 0.186 e. The molecule has 0 spiro atoms. The van der Waals surface area contributed by atoms with Crippen molar-refractivity contribution in [3.63, 3.8) is 0 Å². The summed E-state index contributed by atoms with van der Waals surface area (Å²) in [6.45, 7) is 2.23. The second-order valence-electron chi connectivity index (χ2n) is 3.47. The number of rotatable bonds is 4. The van der Waals surface area contributed by atoms with Crippen molar-refractivity contribution in [3.8, 4) is 0 Å². The molecule has 1 heterocycles. The van der Waals surface area contributed by atoms with Crippen molar-refractivity contribution in [2.24, 2.45) is 0 Å². The number of hydrogen-bond donors (Lipinski definition) is 3. The molecule has 4 atom stereocenters. The molecule has 14 heavy (non-hydrogen) atoms. The molecule has 5 nitrogen and oxygen atoms in total. The molecule has 0 aliphatic carbocycles. The SMILES string of the molecule is CCCO[C@H]1O[C@H](CO)C[C@H](O)[C@@H]1O. The van der Waals surface area contributed by atoms with E-state index in [-0.39, 0.29) is 13.0 Å². The normalized spacial score (nSPS) is 38.6. The Morgan fingerprint density at radius 2 is 2.14 bits per heavy atom. The second kappa shape index (κ2) is 5.63. The van der Waals surface area contributed by atoms with Crippen molar-refractivity contribution in [2.75, 3.05) is 13.2 Å². The Balaban J connectivity index is 2.45. The van der Waals surface area contributed by atoms with Gasteiger partial charge in [0.05, 0.1) is 18.8 Å². The maximum Gasteiger partial charge on any atom is 0.186 e. The van der Waals surface area contributed by atoms with Crippen LogP contribution in [-0.2, 0) is 9.47 Å². The summed E-state index contributed by atoms with van der Waals surface area (Å²) in [7, 11) is 0. The van der Waals surface area contributed by atoms with Crippen LogP contribution in [0, 0.1) is 0 Å². The molecular formula is C9H18O5. The first-order valence-corrected chi connectivity index (χ1v) is 4.93. The fraction of sp³-hybridized carbons (Fsp3) is 1.00. The third-order valence-corrected chi connectivity index (χ3v) is 2.19. The van der Waals surface area contributed by atoms with Crippen molar-refractivity contribution in [1.29, 1.82) is 0 Å². The third kappa shape index (κ3) is 2.90. The monoisotopic (exact) mass is 206 g/mol. The largest absolute Gasteiger partial charge is 0.394 e. The summed E-state index contributed by atoms with van der Waals surface area (Å²) in [5.41, 5.74) is 0. The standard InChI is InChI=1S/C9H18O5/c1-2-3-13-9-8(12)7(11)4-6(5-10)14-9/h6-12H,2-5H2,1H3/t6-,7-,8-,9-/m0/s1. The lowest BCUT2D eigenvalue weighted by molar-refractivity contribution is -0.270. The zero-order valence-electron chi connectivity index (χ0n) is 8.30. The maximum atomic E-state index is 9.50. The quantitative estimate of drug-likeness (QED) is 0.563. The van der Waals surface area contributed by atoms with Gasteiger partial charge in [-0.15, -0.1) is 0 Å². The Morgan fingerprint density at radius 1 is 1.43 bits per heavy atom. The molecule has 0 bridgehead atoms. The fourth-order valence-corrected chi connectivity index (χ4v) is 1.41. The van der Waals surface area contributed by atoms with Crippen LogP contribution in [0.3, 0.4) is 0 Å². The topological polar surface area (TPSA) is 79.2 Å². The predicted octanol–water partition coefficient (Wildman–Crippen LogP) is -0.758. The molecule has 0 aromatic carbocycles. The van der Waals surface area contributed by atoms with Gasteiger partial charge in [0, 0.05) is 13.0 Å². The molecule has 0 aromatic rings. The van der Waals surface area contributed by atoms with Gasteiger partial charge >= 0.3 is 0 Å². The zero-order chi connectivity index (χ0) is 10.6. The lowest BCUT2D eigenvalue weighted by Gasteiger charge is -2.36. The Bertz CT molecular complexity index is 163. The zero-order valence-corrected chi connectivity index (χ0v) is 8.30. The van der Waals surface area contributed by atoms with E-state index in [0.29, 0.717) is 6.61 Å². The van der Waals surface area contributed by atoms with Crippen LogP contribution in [0.25, 0.3) is 0 Å². The molecule has 1 fully saturated rings. The Kier molecular flexibility index (Phi) is 4.77. The number of aliphatic hydroxyl groups excluding tert-OH is 3. The minimum atomic E-state index is -1.02. The van der Waals surface area contributed by atoms with Gasteiger partial charge in [0.25, 0.3) is 0 Å². The molecule has 1 aliphatic rings. The summed E-state index contributed by atoms with van der Waals surface area (Å²) in [6, 6.07) is 0. The van der Waals surface area contributed by atoms with Gasteiger partial charge in [0.2, 0.25) is 0 Å². The van der Waals surface area contributed by atoms with Gasteiger partial charge in [-0.25, -0.2) is 0 Å². The molecule has 0 aromatic heterocycles. The highest BCUT2D eigenvalue weighted by Crippen LogP contribution is 2.21. The molecule has 84 valence electrons. The van der Waals surface area contributed by atoms with Crippen molar-refractivity contribution < 1.29 is 24.8 Å². The summed E-state index contributed by atoms with van der Waals surface area (Å²) in [6.07, 6.45) is -2.13. The maximum absolute atomic E-state index is 9.50. The molecule has 1 saturated heterocycles. The summed E-state index contributed by atoms with van der Waals surface area (Å²) in [5, 5.41) is 27.8. The van der Waals surface area contributed by atoms with Crippen molar-refractivity contribution >= 4 is 0 Å². The van der Waals surface area contributed by atoms with Crippen molar-refractivity contribution in [1.82, 2.24) is 0 Å². The van der Waals surface area contributed by atoms with Crippen LogP contribution < -0.4 is 0 Å². The van der Waals surface area contributed by atoms with E-state index in [4.69, 9.17) is 14.6 Å². The van der Waals surface area contributed by atoms with Crippen LogP contribution in [0.2, 0.25) is 0 Å². The van der Waals surface area contributed by atoms with E-state index in [1.807, 2.05) is 6.92 Å². The fourth-order valence-electron chi connectivity index (χ4n) is 1.41. The summed E-state index contributed by atoms with van der Waals surface area (Å²) in [4.78, 5) is 0. The third-order valence-electron chi connectivity index (χ3n) is 2.19. The van der Waals surface area contributed by atoms with Crippen LogP contribution in [0.4, 0.5) is 0 Å². The average molecular weight is 206 g/mol. The number of hydrogen-bond acceptors (Lipinski definition) is 5. The van der Waals surface area contributed by atoms with Crippen molar-refractivity contribution in [3.05, 3.63) is 0 Å². The first kappa shape index (κ1) is 11.9. The highest BCUT2D eigenvalue weighted by molar-refractivity contribution is 4.80. The molecule has 0 saturated carbocycles. The van der Waals surface area contributed by atoms with E-state index in [1.165, 1.54) is 0 Å². The van der Waals surface area contributed by atoms with Crippen molar-refractivity contribution in [2.45, 2.75) is 44.4 Å². The molecule has 1 aliphatic heterocycles. The predicted molar refractivity (Wildman–Crippen MR) is 48.6 cm³/mol. The van der Waals surface area contributed by atoms with Crippen LogP contribution in [0.1, 0.15) is 19.8 Å². The first-order chi connectivity index (χ1) is 6.69. The Labute approximate surface area is 83.3 Å². The van der Waals surface area contributed by atoms with Crippen LogP contribution in [0.5, 0.6) is 0 Å². The first-order valence-electron chi connectivity index (χ1n) is 4.93. The minimum absolute atomic E-state index is 0.171. The van der Waals surface area contributed by atoms with Gasteiger partial charge in [0.15, 0.2) is 6.29 Å². The van der Waals surface area contributed by atoms with Gasteiger partial charge in [0.1, 0.15) is 6.10 Å². The van der Waals surface area contributed by atoms with E-state index >= 15 is 0 Å². The highest BCUT2D eigenvalue weighted by Gasteiger charge is 2.36. The van der Waals surface area contributed by atoms with Crippen LogP contribution in [-0.4, -0.2) is 53.1 Å². The van der Waals surface area contributed by atoms with Gasteiger partial charge in [-0.3, -0.25) is 0 Å². The average Bonchev–Trinajstić information content (AvgIpc) is 2.20. The number of ether oxygens (including phenoxy) is 2. The van der Waals surface area contributed by atoms with E-state index in [1.54, 1.807) is 0 Å². The molecule has 1 rings (SSSR count). The molecule has 0 unspecified atom stereocenters. The van der Waals surface area contributed by atoms with Gasteiger partial charge < -0.3 is 24.8 Å². The molecule has 0 radical (unpaired) electrons. The van der Waals surface area contributed by atoms with E-state index in [0.717, 1.165) is 6.42 Å². The Hall–Kier alpha value is -0.200.